The van der Waals surface area contributed by atoms with Gasteiger partial charge in [-0.1, -0.05) is 36.3 Å². The van der Waals surface area contributed by atoms with E-state index in [1.54, 1.807) is 41.8 Å². The highest BCUT2D eigenvalue weighted by Gasteiger charge is 2.34. The Labute approximate surface area is 173 Å². The minimum Gasteiger partial charge on any atom is -0.481 e. The fourth-order valence-corrected chi connectivity index (χ4v) is 6.27. The molecular formula is C22H17NO4S2. The second-order valence-corrected chi connectivity index (χ2v) is 9.36. The molecule has 0 aliphatic carbocycles. The van der Waals surface area contributed by atoms with Crippen LogP contribution in [0.2, 0.25) is 0 Å². The number of ether oxygens (including phenoxy) is 1. The van der Waals surface area contributed by atoms with Crippen molar-refractivity contribution in [2.75, 3.05) is 11.9 Å². The number of hydrogen-bond donors (Lipinski definition) is 1. The van der Waals surface area contributed by atoms with Crippen molar-refractivity contribution in [1.29, 1.82) is 0 Å². The van der Waals surface area contributed by atoms with Gasteiger partial charge in [0.2, 0.25) is 15.7 Å². The Balaban J connectivity index is 1.77. The molecule has 0 saturated heterocycles. The van der Waals surface area contributed by atoms with Crippen LogP contribution in [0.1, 0.15) is 22.8 Å². The highest BCUT2D eigenvalue weighted by Crippen LogP contribution is 2.46. The number of carbonyl (C=O) groups excluding carboxylic acids is 1. The van der Waals surface area contributed by atoms with Gasteiger partial charge in [0, 0.05) is 22.6 Å². The first-order valence-electron chi connectivity index (χ1n) is 8.88. The highest BCUT2D eigenvalue weighted by molar-refractivity contribution is 7.91. The number of hydrogen-bond acceptors (Lipinski definition) is 5. The average molecular weight is 424 g/mol. The third kappa shape index (κ3) is 3.65. The molecule has 1 unspecified atom stereocenters. The molecule has 1 amide bonds. The van der Waals surface area contributed by atoms with Gasteiger partial charge in [0.1, 0.15) is 17.3 Å². The van der Waals surface area contributed by atoms with Gasteiger partial charge in [0.15, 0.2) is 0 Å². The molecule has 1 atom stereocenters. The monoisotopic (exact) mass is 423 g/mol. The van der Waals surface area contributed by atoms with Crippen LogP contribution in [-0.4, -0.2) is 20.9 Å². The first-order chi connectivity index (χ1) is 14.0. The van der Waals surface area contributed by atoms with Crippen LogP contribution in [0, 0.1) is 12.3 Å². The Morgan fingerprint density at radius 1 is 1.17 bits per heavy atom. The van der Waals surface area contributed by atoms with E-state index in [0.29, 0.717) is 11.4 Å². The predicted octanol–water partition coefficient (Wildman–Crippen LogP) is 4.07. The zero-order valence-corrected chi connectivity index (χ0v) is 16.9. The summed E-state index contributed by atoms with van der Waals surface area (Å²) >= 11 is 1.34. The molecule has 29 heavy (non-hydrogen) atoms. The molecule has 7 heteroatoms. The number of amides is 1. The summed E-state index contributed by atoms with van der Waals surface area (Å²) in [5, 5.41) is 4.37. The lowest BCUT2D eigenvalue weighted by atomic mass is 9.90. The molecule has 4 rings (SSSR count). The number of terminal acetylenes is 1. The van der Waals surface area contributed by atoms with Crippen LogP contribution in [0.25, 0.3) is 0 Å². The summed E-state index contributed by atoms with van der Waals surface area (Å²) in [5.41, 5.74) is 1.25. The lowest BCUT2D eigenvalue weighted by Crippen LogP contribution is -2.23. The number of fused-ring (bicyclic) bond motifs is 1. The summed E-state index contributed by atoms with van der Waals surface area (Å²) in [6, 6.07) is 15.6. The molecule has 0 fully saturated rings. The lowest BCUT2D eigenvalue weighted by molar-refractivity contribution is -0.116. The van der Waals surface area contributed by atoms with Crippen molar-refractivity contribution in [1.82, 2.24) is 0 Å². The second kappa shape index (κ2) is 7.74. The number of rotatable bonds is 5. The summed E-state index contributed by atoms with van der Waals surface area (Å²) in [6.45, 7) is 0.151. The smallest absolute Gasteiger partial charge is 0.225 e. The Bertz CT molecular complexity index is 1210. The van der Waals surface area contributed by atoms with Gasteiger partial charge >= 0.3 is 0 Å². The summed E-state index contributed by atoms with van der Waals surface area (Å²) < 4.78 is 31.7. The van der Waals surface area contributed by atoms with E-state index >= 15 is 0 Å². The molecule has 146 valence electrons. The molecule has 0 radical (unpaired) electrons. The van der Waals surface area contributed by atoms with E-state index in [0.717, 1.165) is 10.4 Å². The average Bonchev–Trinajstić information content (AvgIpc) is 3.17. The molecule has 2 aromatic carbocycles. The Hall–Kier alpha value is -3.08. The molecular weight excluding hydrogens is 406 g/mol. The van der Waals surface area contributed by atoms with Gasteiger partial charge < -0.3 is 10.1 Å². The van der Waals surface area contributed by atoms with Gasteiger partial charge in [-0.25, -0.2) is 8.42 Å². The fraction of sp³-hybridized carbons (Fsp3) is 0.136. The molecule has 0 spiro atoms. The lowest BCUT2D eigenvalue weighted by Gasteiger charge is -2.24. The van der Waals surface area contributed by atoms with Crippen molar-refractivity contribution in [2.45, 2.75) is 22.1 Å². The molecule has 1 aromatic heterocycles. The van der Waals surface area contributed by atoms with Gasteiger partial charge in [-0.2, -0.15) is 0 Å². The highest BCUT2D eigenvalue weighted by atomic mass is 32.2. The van der Waals surface area contributed by atoms with E-state index in [4.69, 9.17) is 11.2 Å². The molecule has 0 saturated carbocycles. The number of nitrogens with one attached hydrogen (secondary N) is 1. The normalized spacial score (nSPS) is 15.8. The summed E-state index contributed by atoms with van der Waals surface area (Å²) in [6.07, 6.45) is 5.48. The minimum absolute atomic E-state index is 0.126. The Kier molecular flexibility index (Phi) is 5.14. The Morgan fingerprint density at radius 2 is 1.97 bits per heavy atom. The first kappa shape index (κ1) is 19.2. The topological polar surface area (TPSA) is 72.5 Å². The number of thiophene rings is 1. The third-order valence-corrected chi connectivity index (χ3v) is 7.72. The van der Waals surface area contributed by atoms with E-state index in [9.17, 15) is 13.2 Å². The molecule has 1 aliphatic heterocycles. The van der Waals surface area contributed by atoms with Crippen molar-refractivity contribution >= 4 is 32.8 Å². The van der Waals surface area contributed by atoms with Gasteiger partial charge in [0.05, 0.1) is 10.6 Å². The van der Waals surface area contributed by atoms with Gasteiger partial charge in [-0.15, -0.1) is 17.8 Å². The van der Waals surface area contributed by atoms with Gasteiger partial charge in [-0.05, 0) is 29.8 Å². The number of anilines is 1. The van der Waals surface area contributed by atoms with Crippen LogP contribution >= 0.6 is 11.3 Å². The fourth-order valence-electron chi connectivity index (χ4n) is 3.34. The van der Waals surface area contributed by atoms with Crippen molar-refractivity contribution in [3.05, 3.63) is 70.4 Å². The van der Waals surface area contributed by atoms with Crippen molar-refractivity contribution < 1.29 is 17.9 Å². The summed E-state index contributed by atoms with van der Waals surface area (Å²) in [4.78, 5) is 13.6. The molecule has 3 aromatic rings. The van der Waals surface area contributed by atoms with Crippen LogP contribution < -0.4 is 10.1 Å². The molecule has 1 N–H and O–H groups in total. The standard InChI is InChI=1S/C22H17NO4S2/c1-2-11-27-16-8-6-7-15(12-16)18-13-20(24)23-21-19(14-28-22(18)21)29(25,26)17-9-4-3-5-10-17/h1,3-10,12,14,18H,11,13H2,(H,23,24). The van der Waals surface area contributed by atoms with E-state index in [2.05, 4.69) is 11.2 Å². The van der Waals surface area contributed by atoms with Crippen LogP contribution in [-0.2, 0) is 14.6 Å². The van der Waals surface area contributed by atoms with Crippen molar-refractivity contribution in [2.24, 2.45) is 0 Å². The molecule has 2 heterocycles. The summed E-state index contributed by atoms with van der Waals surface area (Å²) in [7, 11) is -3.74. The van der Waals surface area contributed by atoms with Crippen LogP contribution in [0.4, 0.5) is 5.69 Å². The largest absolute Gasteiger partial charge is 0.481 e. The van der Waals surface area contributed by atoms with Crippen molar-refractivity contribution in [3.63, 3.8) is 0 Å². The van der Waals surface area contributed by atoms with Crippen molar-refractivity contribution in [3.8, 4) is 18.1 Å². The predicted molar refractivity (Wildman–Crippen MR) is 112 cm³/mol. The quantitative estimate of drug-likeness (QED) is 0.628. The third-order valence-electron chi connectivity index (χ3n) is 4.68. The van der Waals surface area contributed by atoms with Gasteiger partial charge in [0.25, 0.3) is 0 Å². The maximum atomic E-state index is 13.1. The van der Waals surface area contributed by atoms with E-state index < -0.39 is 9.84 Å². The Morgan fingerprint density at radius 3 is 2.72 bits per heavy atom. The van der Waals surface area contributed by atoms with Gasteiger partial charge in [-0.3, -0.25) is 4.79 Å². The van der Waals surface area contributed by atoms with E-state index in [1.807, 2.05) is 18.2 Å². The van der Waals surface area contributed by atoms with E-state index in [1.165, 1.54) is 11.3 Å². The van der Waals surface area contributed by atoms with E-state index in [-0.39, 0.29) is 34.6 Å². The SMILES string of the molecule is C#CCOc1cccc(C2CC(=O)Nc3c(S(=O)(=O)c4ccccc4)csc32)c1. The second-order valence-electron chi connectivity index (χ2n) is 6.53. The zero-order chi connectivity index (χ0) is 20.4. The van der Waals surface area contributed by atoms with Crippen LogP contribution in [0.3, 0.4) is 0 Å². The van der Waals surface area contributed by atoms with Crippen LogP contribution in [0.5, 0.6) is 5.75 Å². The molecule has 1 aliphatic rings. The number of benzene rings is 2. The van der Waals surface area contributed by atoms with Crippen LogP contribution in [0.15, 0.2) is 69.8 Å². The first-order valence-corrected chi connectivity index (χ1v) is 11.2. The number of sulfone groups is 1. The minimum atomic E-state index is -3.74. The maximum absolute atomic E-state index is 13.1. The number of carbonyl (C=O) groups is 1. The molecule has 0 bridgehead atoms. The summed E-state index contributed by atoms with van der Waals surface area (Å²) in [5.74, 6) is 2.56. The zero-order valence-electron chi connectivity index (χ0n) is 15.3. The maximum Gasteiger partial charge on any atom is 0.225 e. The molecule has 5 nitrogen and oxygen atoms in total.